The van der Waals surface area contributed by atoms with Gasteiger partial charge in [-0.15, -0.1) is 11.3 Å². The Hall–Kier alpha value is -0.840. The predicted molar refractivity (Wildman–Crippen MR) is 72.8 cm³/mol. The molecule has 0 aliphatic carbocycles. The number of aryl methyl sites for hydroxylation is 1. The van der Waals surface area contributed by atoms with Crippen molar-refractivity contribution in [3.63, 3.8) is 0 Å². The first-order valence-corrected chi connectivity index (χ1v) is 6.86. The van der Waals surface area contributed by atoms with E-state index in [1.807, 2.05) is 23.7 Å². The third-order valence-corrected chi connectivity index (χ3v) is 3.78. The summed E-state index contributed by atoms with van der Waals surface area (Å²) in [5.74, 6) is 0. The van der Waals surface area contributed by atoms with Crippen LogP contribution in [0.5, 0.6) is 0 Å². The van der Waals surface area contributed by atoms with Crippen molar-refractivity contribution >= 4 is 22.9 Å². The van der Waals surface area contributed by atoms with Crippen molar-refractivity contribution in [3.05, 3.63) is 38.8 Å². The van der Waals surface area contributed by atoms with Crippen LogP contribution in [0.2, 0.25) is 4.34 Å². The van der Waals surface area contributed by atoms with E-state index in [9.17, 15) is 0 Å². The third kappa shape index (κ3) is 3.31. The van der Waals surface area contributed by atoms with Gasteiger partial charge in [0.1, 0.15) is 0 Å². The van der Waals surface area contributed by atoms with Crippen LogP contribution in [0.25, 0.3) is 0 Å². The van der Waals surface area contributed by atoms with E-state index in [1.54, 1.807) is 11.3 Å². The molecule has 0 atom stereocenters. The van der Waals surface area contributed by atoms with Gasteiger partial charge in [-0.3, -0.25) is 4.68 Å². The lowest BCUT2D eigenvalue weighted by molar-refractivity contribution is 0.685. The highest BCUT2D eigenvalue weighted by molar-refractivity contribution is 7.16. The van der Waals surface area contributed by atoms with Gasteiger partial charge in [0.25, 0.3) is 0 Å². The van der Waals surface area contributed by atoms with E-state index in [1.165, 1.54) is 10.4 Å². The summed E-state index contributed by atoms with van der Waals surface area (Å²) < 4.78 is 2.81. The lowest BCUT2D eigenvalue weighted by atomic mass is 10.2. The van der Waals surface area contributed by atoms with Gasteiger partial charge in [0.15, 0.2) is 0 Å². The lowest BCUT2D eigenvalue weighted by Gasteiger charge is -1.98. The Kier molecular flexibility index (Phi) is 4.20. The molecule has 0 radical (unpaired) electrons. The fourth-order valence-corrected chi connectivity index (χ4v) is 2.75. The number of aromatic nitrogens is 2. The molecule has 92 valence electrons. The SMILES string of the molecule is CCNCc1cn(Cc2ccc(Cl)s2)nc1C. The minimum absolute atomic E-state index is 0.796. The minimum Gasteiger partial charge on any atom is -0.313 e. The van der Waals surface area contributed by atoms with E-state index in [2.05, 4.69) is 23.5 Å². The second-order valence-electron chi connectivity index (χ2n) is 3.92. The van der Waals surface area contributed by atoms with Crippen LogP contribution in [0, 0.1) is 6.92 Å². The van der Waals surface area contributed by atoms with Crippen LogP contribution in [-0.4, -0.2) is 16.3 Å². The first-order valence-electron chi connectivity index (χ1n) is 5.67. The normalized spacial score (nSPS) is 11.0. The van der Waals surface area contributed by atoms with Gasteiger partial charge < -0.3 is 5.32 Å². The molecule has 2 aromatic heterocycles. The molecule has 3 nitrogen and oxygen atoms in total. The van der Waals surface area contributed by atoms with Crippen LogP contribution in [-0.2, 0) is 13.1 Å². The number of hydrogen-bond acceptors (Lipinski definition) is 3. The van der Waals surface area contributed by atoms with Gasteiger partial charge in [-0.2, -0.15) is 5.10 Å². The van der Waals surface area contributed by atoms with Crippen LogP contribution in [0.1, 0.15) is 23.1 Å². The van der Waals surface area contributed by atoms with Gasteiger partial charge in [-0.05, 0) is 25.6 Å². The van der Waals surface area contributed by atoms with Gasteiger partial charge >= 0.3 is 0 Å². The minimum atomic E-state index is 0.796. The largest absolute Gasteiger partial charge is 0.313 e. The summed E-state index contributed by atoms with van der Waals surface area (Å²) in [4.78, 5) is 1.23. The van der Waals surface area contributed by atoms with Gasteiger partial charge in [0.2, 0.25) is 0 Å². The molecule has 2 aromatic rings. The molecule has 0 aliphatic heterocycles. The van der Waals surface area contributed by atoms with Crippen LogP contribution < -0.4 is 5.32 Å². The molecule has 1 N–H and O–H groups in total. The second-order valence-corrected chi connectivity index (χ2v) is 5.72. The maximum Gasteiger partial charge on any atom is 0.0931 e. The summed E-state index contributed by atoms with van der Waals surface area (Å²) in [6, 6.07) is 3.98. The zero-order chi connectivity index (χ0) is 12.3. The van der Waals surface area contributed by atoms with Crippen LogP contribution in [0.15, 0.2) is 18.3 Å². The van der Waals surface area contributed by atoms with Gasteiger partial charge in [-0.1, -0.05) is 18.5 Å². The molecule has 0 amide bonds. The van der Waals surface area contributed by atoms with E-state index in [0.29, 0.717) is 0 Å². The Balaban J connectivity index is 2.06. The topological polar surface area (TPSA) is 29.9 Å². The van der Waals surface area contributed by atoms with Crippen molar-refractivity contribution in [2.45, 2.75) is 26.9 Å². The Labute approximate surface area is 110 Å². The maximum absolute atomic E-state index is 5.91. The molecule has 0 saturated carbocycles. The highest BCUT2D eigenvalue weighted by Gasteiger charge is 2.05. The zero-order valence-electron chi connectivity index (χ0n) is 10.0. The Bertz CT molecular complexity index is 490. The van der Waals surface area contributed by atoms with E-state index in [0.717, 1.165) is 29.7 Å². The molecule has 0 saturated heterocycles. The summed E-state index contributed by atoms with van der Waals surface area (Å²) in [6.07, 6.45) is 2.10. The summed E-state index contributed by atoms with van der Waals surface area (Å²) in [5.41, 5.74) is 2.35. The summed E-state index contributed by atoms with van der Waals surface area (Å²) in [6.45, 7) is 6.81. The highest BCUT2D eigenvalue weighted by atomic mass is 35.5. The number of nitrogens with one attached hydrogen (secondary N) is 1. The van der Waals surface area contributed by atoms with Crippen molar-refractivity contribution in [1.29, 1.82) is 0 Å². The van der Waals surface area contributed by atoms with Crippen molar-refractivity contribution in [2.75, 3.05) is 6.54 Å². The Morgan fingerprint density at radius 1 is 1.47 bits per heavy atom. The molecule has 0 aliphatic rings. The molecule has 17 heavy (non-hydrogen) atoms. The average Bonchev–Trinajstić information content (AvgIpc) is 2.83. The third-order valence-electron chi connectivity index (χ3n) is 2.56. The monoisotopic (exact) mass is 269 g/mol. The molecule has 2 rings (SSSR count). The van der Waals surface area contributed by atoms with E-state index < -0.39 is 0 Å². The molecule has 0 fully saturated rings. The van der Waals surface area contributed by atoms with Gasteiger partial charge in [0.05, 0.1) is 16.6 Å². The van der Waals surface area contributed by atoms with Crippen molar-refractivity contribution in [1.82, 2.24) is 15.1 Å². The van der Waals surface area contributed by atoms with Crippen LogP contribution in [0.3, 0.4) is 0 Å². The predicted octanol–water partition coefficient (Wildman–Crippen LogP) is 3.06. The van der Waals surface area contributed by atoms with Crippen molar-refractivity contribution < 1.29 is 0 Å². The molecule has 0 aromatic carbocycles. The van der Waals surface area contributed by atoms with Crippen molar-refractivity contribution in [2.24, 2.45) is 0 Å². The number of rotatable bonds is 5. The smallest absolute Gasteiger partial charge is 0.0931 e. The summed E-state index contributed by atoms with van der Waals surface area (Å²) in [7, 11) is 0. The van der Waals surface area contributed by atoms with Gasteiger partial charge in [-0.25, -0.2) is 0 Å². The van der Waals surface area contributed by atoms with E-state index >= 15 is 0 Å². The maximum atomic E-state index is 5.91. The lowest BCUT2D eigenvalue weighted by Crippen LogP contribution is -2.11. The first-order chi connectivity index (χ1) is 8.19. The van der Waals surface area contributed by atoms with Crippen LogP contribution in [0.4, 0.5) is 0 Å². The molecular formula is C12H16ClN3S. The standard InChI is InChI=1S/C12H16ClN3S/c1-3-14-6-10-7-16(15-9(10)2)8-11-4-5-12(13)17-11/h4-5,7,14H,3,6,8H2,1-2H3. The quantitative estimate of drug-likeness (QED) is 0.904. The van der Waals surface area contributed by atoms with Gasteiger partial charge in [0, 0.05) is 23.2 Å². The average molecular weight is 270 g/mol. The molecule has 5 heteroatoms. The number of nitrogens with zero attached hydrogens (tertiary/aromatic N) is 2. The molecule has 0 unspecified atom stereocenters. The molecular weight excluding hydrogens is 254 g/mol. The molecule has 2 heterocycles. The fourth-order valence-electron chi connectivity index (χ4n) is 1.67. The zero-order valence-corrected chi connectivity index (χ0v) is 11.6. The Morgan fingerprint density at radius 3 is 2.94 bits per heavy atom. The molecule has 0 spiro atoms. The summed E-state index contributed by atoms with van der Waals surface area (Å²) >= 11 is 7.52. The summed E-state index contributed by atoms with van der Waals surface area (Å²) in [5, 5.41) is 7.82. The van der Waals surface area contributed by atoms with E-state index in [-0.39, 0.29) is 0 Å². The number of halogens is 1. The Morgan fingerprint density at radius 2 is 2.29 bits per heavy atom. The molecule has 0 bridgehead atoms. The number of hydrogen-bond donors (Lipinski definition) is 1. The fraction of sp³-hybridized carbons (Fsp3) is 0.417. The van der Waals surface area contributed by atoms with Crippen molar-refractivity contribution in [3.8, 4) is 0 Å². The number of thiophene rings is 1. The highest BCUT2D eigenvalue weighted by Crippen LogP contribution is 2.22. The van der Waals surface area contributed by atoms with Crippen LogP contribution >= 0.6 is 22.9 Å². The van der Waals surface area contributed by atoms with E-state index in [4.69, 9.17) is 11.6 Å². The first kappa shape index (κ1) is 12.6. The second kappa shape index (κ2) is 5.67.